The molecular formula is C27H27ClN2O5. The minimum absolute atomic E-state index is 0.169. The number of hydrogen-bond donors (Lipinski definition) is 3. The number of nitrogens with zero attached hydrogens (tertiary/aromatic N) is 1. The van der Waals surface area contributed by atoms with E-state index in [9.17, 15) is 19.8 Å². The lowest BCUT2D eigenvalue weighted by Crippen LogP contribution is -2.55. The first-order valence-electron chi connectivity index (χ1n) is 11.3. The lowest BCUT2D eigenvalue weighted by atomic mass is 9.78. The quantitative estimate of drug-likeness (QED) is 0.415. The van der Waals surface area contributed by atoms with Crippen molar-refractivity contribution in [2.24, 2.45) is 0 Å². The smallest absolute Gasteiger partial charge is 0.255 e. The van der Waals surface area contributed by atoms with E-state index in [1.807, 2.05) is 30.3 Å². The Hall–Kier alpha value is -3.23. The van der Waals surface area contributed by atoms with Crippen molar-refractivity contribution in [3.63, 3.8) is 0 Å². The molecule has 0 saturated carbocycles. The van der Waals surface area contributed by atoms with Crippen molar-refractivity contribution in [2.75, 3.05) is 6.61 Å². The lowest BCUT2D eigenvalue weighted by Gasteiger charge is -2.45. The lowest BCUT2D eigenvalue weighted by molar-refractivity contribution is -0.138. The molecule has 1 unspecified atom stereocenters. The van der Waals surface area contributed by atoms with Crippen molar-refractivity contribution in [2.45, 2.75) is 37.6 Å². The molecule has 0 spiro atoms. The normalized spacial score (nSPS) is 19.1. The Morgan fingerprint density at radius 3 is 2.37 bits per heavy atom. The van der Waals surface area contributed by atoms with E-state index in [4.69, 9.17) is 16.4 Å². The van der Waals surface area contributed by atoms with E-state index in [2.05, 4.69) is 5.48 Å². The van der Waals surface area contributed by atoms with Gasteiger partial charge in [-0.1, -0.05) is 72.3 Å². The molecule has 1 aliphatic heterocycles. The topological polar surface area (TPSA) is 99.1 Å². The van der Waals surface area contributed by atoms with Gasteiger partial charge in [0.15, 0.2) is 0 Å². The number of rotatable bonds is 8. The Labute approximate surface area is 208 Å². The van der Waals surface area contributed by atoms with Crippen LogP contribution in [0.15, 0.2) is 78.9 Å². The van der Waals surface area contributed by atoms with E-state index in [1.165, 1.54) is 11.8 Å². The van der Waals surface area contributed by atoms with E-state index < -0.39 is 36.6 Å². The molecule has 4 atom stereocenters. The highest BCUT2D eigenvalue weighted by Gasteiger charge is 2.47. The van der Waals surface area contributed by atoms with E-state index >= 15 is 0 Å². The van der Waals surface area contributed by atoms with Crippen molar-refractivity contribution in [1.29, 1.82) is 0 Å². The predicted molar refractivity (Wildman–Crippen MR) is 131 cm³/mol. The van der Waals surface area contributed by atoms with Gasteiger partial charge in [-0.15, -0.1) is 0 Å². The van der Waals surface area contributed by atoms with Crippen LogP contribution in [0.25, 0.3) is 0 Å². The molecule has 0 saturated heterocycles. The molecule has 35 heavy (non-hydrogen) atoms. The third-order valence-electron chi connectivity index (χ3n) is 6.23. The second-order valence-electron chi connectivity index (χ2n) is 8.50. The highest BCUT2D eigenvalue weighted by molar-refractivity contribution is 6.30. The maximum Gasteiger partial charge on any atom is 0.255 e. The Morgan fingerprint density at radius 2 is 1.71 bits per heavy atom. The molecule has 1 heterocycles. The Morgan fingerprint density at radius 1 is 1.06 bits per heavy atom. The average molecular weight is 495 g/mol. The fourth-order valence-corrected chi connectivity index (χ4v) is 4.64. The third kappa shape index (κ3) is 5.23. The molecule has 7 nitrogen and oxygen atoms in total. The van der Waals surface area contributed by atoms with Gasteiger partial charge in [0, 0.05) is 10.6 Å². The van der Waals surface area contributed by atoms with Crippen molar-refractivity contribution < 1.29 is 24.6 Å². The largest absolute Gasteiger partial charge is 0.394 e. The molecule has 0 aromatic heterocycles. The van der Waals surface area contributed by atoms with Gasteiger partial charge in [0.2, 0.25) is 0 Å². The number of halogens is 1. The van der Waals surface area contributed by atoms with E-state index in [0.717, 1.165) is 5.56 Å². The molecule has 0 bridgehead atoms. The van der Waals surface area contributed by atoms with Crippen LogP contribution in [0.2, 0.25) is 5.02 Å². The Bertz CT molecular complexity index is 1170. The Balaban J connectivity index is 1.76. The number of carbonyl (C=O) groups excluding carboxylic acids is 2. The van der Waals surface area contributed by atoms with Crippen molar-refractivity contribution in [3.8, 4) is 0 Å². The number of benzene rings is 3. The first-order chi connectivity index (χ1) is 16.9. The van der Waals surface area contributed by atoms with Crippen LogP contribution in [0.5, 0.6) is 0 Å². The maximum atomic E-state index is 13.7. The van der Waals surface area contributed by atoms with Crippen molar-refractivity contribution in [3.05, 3.63) is 106 Å². The molecule has 0 fully saturated rings. The number of aliphatic hydroxyl groups excluding tert-OH is 2. The second-order valence-corrected chi connectivity index (χ2v) is 8.94. The third-order valence-corrected chi connectivity index (χ3v) is 6.48. The molecule has 0 radical (unpaired) electrons. The first-order valence-corrected chi connectivity index (χ1v) is 11.7. The molecule has 182 valence electrons. The first kappa shape index (κ1) is 24.9. The van der Waals surface area contributed by atoms with Crippen LogP contribution < -0.4 is 5.48 Å². The molecule has 1 aliphatic rings. The van der Waals surface area contributed by atoms with Gasteiger partial charge >= 0.3 is 0 Å². The summed E-state index contributed by atoms with van der Waals surface area (Å²) in [6.45, 7) is 1.20. The fourth-order valence-electron chi connectivity index (χ4n) is 4.51. The molecular weight excluding hydrogens is 468 g/mol. The summed E-state index contributed by atoms with van der Waals surface area (Å²) < 4.78 is 0. The fraction of sp³-hybridized carbons (Fsp3) is 0.259. The summed E-state index contributed by atoms with van der Waals surface area (Å²) in [5.41, 5.74) is 4.94. The molecule has 3 aromatic carbocycles. The number of nitrogens with one attached hydrogen (secondary N) is 1. The minimum Gasteiger partial charge on any atom is -0.394 e. The Kier molecular flexibility index (Phi) is 7.83. The highest BCUT2D eigenvalue weighted by Crippen LogP contribution is 2.44. The van der Waals surface area contributed by atoms with Crippen molar-refractivity contribution >= 4 is 23.4 Å². The zero-order chi connectivity index (χ0) is 24.9. The van der Waals surface area contributed by atoms with Crippen LogP contribution in [0, 0.1) is 0 Å². The summed E-state index contributed by atoms with van der Waals surface area (Å²) in [5, 5.41) is 21.1. The zero-order valence-electron chi connectivity index (χ0n) is 19.2. The summed E-state index contributed by atoms with van der Waals surface area (Å²) >= 11 is 6.10. The number of hydroxylamine groups is 1. The predicted octanol–water partition coefficient (Wildman–Crippen LogP) is 3.61. The molecule has 4 rings (SSSR count). The molecule has 2 amide bonds. The maximum absolute atomic E-state index is 13.7. The zero-order valence-corrected chi connectivity index (χ0v) is 19.9. The molecule has 8 heteroatoms. The monoisotopic (exact) mass is 494 g/mol. The van der Waals surface area contributed by atoms with Gasteiger partial charge < -0.3 is 15.1 Å². The van der Waals surface area contributed by atoms with Gasteiger partial charge in [0.05, 0.1) is 37.3 Å². The van der Waals surface area contributed by atoms with Gasteiger partial charge in [0.25, 0.3) is 11.8 Å². The molecule has 0 aliphatic carbocycles. The van der Waals surface area contributed by atoms with Gasteiger partial charge in [-0.05, 0) is 41.8 Å². The van der Waals surface area contributed by atoms with Crippen LogP contribution in [0.1, 0.15) is 45.9 Å². The van der Waals surface area contributed by atoms with Gasteiger partial charge in [-0.25, -0.2) is 5.48 Å². The summed E-state index contributed by atoms with van der Waals surface area (Å²) in [6.07, 6.45) is -1.04. The summed E-state index contributed by atoms with van der Waals surface area (Å²) in [4.78, 5) is 34.2. The van der Waals surface area contributed by atoms with E-state index in [0.29, 0.717) is 21.7 Å². The standard InChI is InChI=1S/C27H27ClN2O5/c1-17(32)23(15-31)30-25(19-11-13-20(28)14-12-19)24(21-9-5-6-10-22(21)27(30)34)26(33)29-35-16-18-7-3-2-4-8-18/h2-14,17,23-25,31-32H,15-16H2,1H3,(H,29,33)/t17-,23?,24+,25-/m0/s1. The average Bonchev–Trinajstić information content (AvgIpc) is 2.86. The number of amides is 2. The number of hydrogen-bond acceptors (Lipinski definition) is 5. The van der Waals surface area contributed by atoms with Gasteiger partial charge in [0.1, 0.15) is 0 Å². The van der Waals surface area contributed by atoms with E-state index in [1.54, 1.807) is 48.5 Å². The van der Waals surface area contributed by atoms with Gasteiger partial charge in [-0.3, -0.25) is 14.4 Å². The SMILES string of the molecule is C[C@H](O)C(CO)N1C(=O)c2ccccc2[C@@H](C(=O)NOCc2ccccc2)[C@@H]1c1ccc(Cl)cc1. The van der Waals surface area contributed by atoms with Crippen LogP contribution in [-0.4, -0.2) is 45.7 Å². The highest BCUT2D eigenvalue weighted by atomic mass is 35.5. The van der Waals surface area contributed by atoms with Crippen LogP contribution in [0.3, 0.4) is 0 Å². The summed E-state index contributed by atoms with van der Waals surface area (Å²) in [6, 6.07) is 21.4. The van der Waals surface area contributed by atoms with Crippen LogP contribution >= 0.6 is 11.6 Å². The van der Waals surface area contributed by atoms with Crippen LogP contribution in [0.4, 0.5) is 0 Å². The minimum atomic E-state index is -1.04. The summed E-state index contributed by atoms with van der Waals surface area (Å²) in [5.74, 6) is -1.70. The molecule has 3 N–H and O–H groups in total. The van der Waals surface area contributed by atoms with Crippen LogP contribution in [-0.2, 0) is 16.2 Å². The second kappa shape index (κ2) is 11.0. The van der Waals surface area contributed by atoms with Crippen molar-refractivity contribution in [1.82, 2.24) is 10.4 Å². The number of aliphatic hydroxyl groups is 2. The number of carbonyl (C=O) groups is 2. The summed E-state index contributed by atoms with van der Waals surface area (Å²) in [7, 11) is 0. The van der Waals surface area contributed by atoms with Gasteiger partial charge in [-0.2, -0.15) is 0 Å². The van der Waals surface area contributed by atoms with E-state index in [-0.39, 0.29) is 12.5 Å². The molecule has 3 aromatic rings. The number of fused-ring (bicyclic) bond motifs is 1.